The average Bonchev–Trinajstić information content (AvgIpc) is 2.68. The van der Waals surface area contributed by atoms with Crippen LogP contribution in [0, 0.1) is 5.92 Å². The van der Waals surface area contributed by atoms with E-state index in [-0.39, 0.29) is 12.7 Å². The Balaban J connectivity index is 1.89. The van der Waals surface area contributed by atoms with Gasteiger partial charge in [-0.15, -0.1) is 0 Å². The van der Waals surface area contributed by atoms with Gasteiger partial charge in [0.1, 0.15) is 5.60 Å². The molecule has 1 N–H and O–H groups in total. The number of nitrogens with zero attached hydrogens (tertiary/aromatic N) is 2. The lowest BCUT2D eigenvalue weighted by Crippen LogP contribution is -2.53. The molecule has 2 aliphatic heterocycles. The summed E-state index contributed by atoms with van der Waals surface area (Å²) in [5, 5.41) is 9.21. The minimum Gasteiger partial charge on any atom is -0.444 e. The van der Waals surface area contributed by atoms with Gasteiger partial charge in [0.15, 0.2) is 0 Å². The van der Waals surface area contributed by atoms with Gasteiger partial charge in [-0.1, -0.05) is 0 Å². The standard InChI is InChI=1S/C13H24N2O3/c1-13(2,3)18-12(17)15-5-4-14-7-10(9-16)6-11(14)8-15/h10-11,16H,4-9H2,1-3H3/t10-,11-/m0/s1. The first-order valence-electron chi connectivity index (χ1n) is 6.72. The Kier molecular flexibility index (Phi) is 3.82. The fourth-order valence-corrected chi connectivity index (χ4v) is 2.77. The average molecular weight is 256 g/mol. The van der Waals surface area contributed by atoms with E-state index in [2.05, 4.69) is 4.90 Å². The highest BCUT2D eigenvalue weighted by Gasteiger charge is 2.38. The first-order chi connectivity index (χ1) is 8.39. The van der Waals surface area contributed by atoms with Crippen LogP contribution in [0.4, 0.5) is 4.79 Å². The molecule has 2 saturated heterocycles. The predicted molar refractivity (Wildman–Crippen MR) is 68.4 cm³/mol. The van der Waals surface area contributed by atoms with Gasteiger partial charge < -0.3 is 14.7 Å². The minimum absolute atomic E-state index is 0.213. The summed E-state index contributed by atoms with van der Waals surface area (Å²) >= 11 is 0. The lowest BCUT2D eigenvalue weighted by molar-refractivity contribution is 0.00921. The molecule has 0 aromatic heterocycles. The van der Waals surface area contributed by atoms with Crippen LogP contribution in [0.3, 0.4) is 0 Å². The van der Waals surface area contributed by atoms with Crippen molar-refractivity contribution >= 4 is 6.09 Å². The zero-order valence-electron chi connectivity index (χ0n) is 11.6. The third kappa shape index (κ3) is 3.14. The Hall–Kier alpha value is -0.810. The molecule has 0 radical (unpaired) electrons. The van der Waals surface area contributed by atoms with Crippen molar-refractivity contribution in [3.8, 4) is 0 Å². The molecule has 0 saturated carbocycles. The van der Waals surface area contributed by atoms with Crippen LogP contribution in [-0.4, -0.2) is 65.4 Å². The van der Waals surface area contributed by atoms with Gasteiger partial charge >= 0.3 is 6.09 Å². The van der Waals surface area contributed by atoms with Crippen LogP contribution in [0.25, 0.3) is 0 Å². The number of piperazine rings is 1. The van der Waals surface area contributed by atoms with Crippen LogP contribution in [0.2, 0.25) is 0 Å². The van der Waals surface area contributed by atoms with Gasteiger partial charge in [0, 0.05) is 38.8 Å². The van der Waals surface area contributed by atoms with Crippen molar-refractivity contribution in [2.24, 2.45) is 5.92 Å². The molecule has 104 valence electrons. The lowest BCUT2D eigenvalue weighted by atomic mass is 10.1. The summed E-state index contributed by atoms with van der Waals surface area (Å²) < 4.78 is 5.40. The number of ether oxygens (including phenoxy) is 1. The quantitative estimate of drug-likeness (QED) is 0.758. The van der Waals surface area contributed by atoms with Crippen molar-refractivity contribution < 1.29 is 14.6 Å². The second-order valence-electron chi connectivity index (χ2n) is 6.36. The highest BCUT2D eigenvalue weighted by Crippen LogP contribution is 2.26. The van der Waals surface area contributed by atoms with Gasteiger partial charge in [0.05, 0.1) is 0 Å². The molecule has 0 unspecified atom stereocenters. The second kappa shape index (κ2) is 5.05. The van der Waals surface area contributed by atoms with Crippen molar-refractivity contribution in [1.29, 1.82) is 0 Å². The Morgan fingerprint density at radius 1 is 1.33 bits per heavy atom. The first-order valence-corrected chi connectivity index (χ1v) is 6.72. The number of fused-ring (bicyclic) bond motifs is 1. The van der Waals surface area contributed by atoms with Gasteiger partial charge in [-0.2, -0.15) is 0 Å². The molecule has 18 heavy (non-hydrogen) atoms. The monoisotopic (exact) mass is 256 g/mol. The molecular weight excluding hydrogens is 232 g/mol. The molecule has 5 heteroatoms. The summed E-state index contributed by atoms with van der Waals surface area (Å²) in [5.74, 6) is 0.369. The van der Waals surface area contributed by atoms with Gasteiger partial charge in [0.2, 0.25) is 0 Å². The van der Waals surface area contributed by atoms with E-state index in [1.54, 1.807) is 4.90 Å². The summed E-state index contributed by atoms with van der Waals surface area (Å²) in [6, 6.07) is 0.392. The SMILES string of the molecule is CC(C)(C)OC(=O)N1CCN2C[C@@H](CO)C[C@H]2C1. The van der Waals surface area contributed by atoms with Crippen molar-refractivity contribution in [1.82, 2.24) is 9.80 Å². The second-order valence-corrected chi connectivity index (χ2v) is 6.36. The Labute approximate surface area is 109 Å². The van der Waals surface area contributed by atoms with E-state index in [4.69, 9.17) is 4.74 Å². The molecule has 2 heterocycles. The van der Waals surface area contributed by atoms with Crippen LogP contribution in [0.1, 0.15) is 27.2 Å². The van der Waals surface area contributed by atoms with E-state index < -0.39 is 5.60 Å². The molecule has 0 spiro atoms. The van der Waals surface area contributed by atoms with Crippen molar-refractivity contribution in [3.63, 3.8) is 0 Å². The number of amides is 1. The summed E-state index contributed by atoms with van der Waals surface area (Å²) in [5.41, 5.74) is -0.433. The van der Waals surface area contributed by atoms with Crippen LogP contribution in [0.15, 0.2) is 0 Å². The smallest absolute Gasteiger partial charge is 0.410 e. The number of carbonyl (C=O) groups excluding carboxylic acids is 1. The Morgan fingerprint density at radius 3 is 2.67 bits per heavy atom. The highest BCUT2D eigenvalue weighted by atomic mass is 16.6. The summed E-state index contributed by atoms with van der Waals surface area (Å²) in [7, 11) is 0. The zero-order valence-corrected chi connectivity index (χ0v) is 11.6. The van der Waals surface area contributed by atoms with Crippen LogP contribution in [0.5, 0.6) is 0 Å². The van der Waals surface area contributed by atoms with Crippen molar-refractivity contribution in [2.45, 2.75) is 38.8 Å². The van der Waals surface area contributed by atoms with Crippen LogP contribution < -0.4 is 0 Å². The molecule has 5 nitrogen and oxygen atoms in total. The van der Waals surface area contributed by atoms with Crippen molar-refractivity contribution in [3.05, 3.63) is 0 Å². The first kappa shape index (κ1) is 13.6. The topological polar surface area (TPSA) is 53.0 Å². The minimum atomic E-state index is -0.433. The molecule has 0 aromatic rings. The third-order valence-electron chi connectivity index (χ3n) is 3.61. The molecular formula is C13H24N2O3. The highest BCUT2D eigenvalue weighted by molar-refractivity contribution is 5.68. The van der Waals surface area contributed by atoms with E-state index in [9.17, 15) is 9.90 Å². The van der Waals surface area contributed by atoms with Gasteiger partial charge in [-0.3, -0.25) is 4.90 Å². The zero-order chi connectivity index (χ0) is 13.3. The lowest BCUT2D eigenvalue weighted by Gasteiger charge is -2.37. The molecule has 0 aromatic carbocycles. The van der Waals surface area contributed by atoms with Gasteiger partial charge in [-0.25, -0.2) is 4.79 Å². The largest absolute Gasteiger partial charge is 0.444 e. The van der Waals surface area contributed by atoms with Gasteiger partial charge in [-0.05, 0) is 33.1 Å². The van der Waals surface area contributed by atoms with E-state index in [1.165, 1.54) is 0 Å². The molecule has 0 bridgehead atoms. The molecule has 2 fully saturated rings. The fraction of sp³-hybridized carbons (Fsp3) is 0.923. The molecule has 0 aliphatic carbocycles. The number of aliphatic hydroxyl groups excluding tert-OH is 1. The normalized spacial score (nSPS) is 29.2. The van der Waals surface area contributed by atoms with Crippen LogP contribution in [-0.2, 0) is 4.74 Å². The molecule has 1 amide bonds. The molecule has 2 rings (SSSR count). The third-order valence-corrected chi connectivity index (χ3v) is 3.61. The van der Waals surface area contributed by atoms with Gasteiger partial charge in [0.25, 0.3) is 0 Å². The van der Waals surface area contributed by atoms with E-state index >= 15 is 0 Å². The summed E-state index contributed by atoms with van der Waals surface area (Å²) in [6.07, 6.45) is 0.769. The van der Waals surface area contributed by atoms with Crippen LogP contribution >= 0.6 is 0 Å². The molecule has 2 aliphatic rings. The fourth-order valence-electron chi connectivity index (χ4n) is 2.77. The number of hydrogen-bond donors (Lipinski definition) is 1. The maximum atomic E-state index is 12.0. The Morgan fingerprint density at radius 2 is 2.06 bits per heavy atom. The number of hydrogen-bond acceptors (Lipinski definition) is 4. The predicted octanol–water partition coefficient (Wildman–Crippen LogP) is 0.920. The van der Waals surface area contributed by atoms with Crippen molar-refractivity contribution in [2.75, 3.05) is 32.8 Å². The maximum absolute atomic E-state index is 12.0. The summed E-state index contributed by atoms with van der Waals surface area (Å²) in [4.78, 5) is 16.2. The molecule has 2 atom stereocenters. The number of rotatable bonds is 1. The van der Waals surface area contributed by atoms with E-state index in [1.807, 2.05) is 20.8 Å². The van der Waals surface area contributed by atoms with E-state index in [0.29, 0.717) is 12.0 Å². The Bertz CT molecular complexity index is 314. The summed E-state index contributed by atoms with van der Waals surface area (Å²) in [6.45, 7) is 9.22. The maximum Gasteiger partial charge on any atom is 0.410 e. The number of aliphatic hydroxyl groups is 1. The number of carbonyl (C=O) groups is 1. The van der Waals surface area contributed by atoms with E-state index in [0.717, 1.165) is 32.6 Å².